The van der Waals surface area contributed by atoms with Crippen LogP contribution in [0.1, 0.15) is 15.9 Å². The zero-order chi connectivity index (χ0) is 31.9. The summed E-state index contributed by atoms with van der Waals surface area (Å²) in [6.45, 7) is -0.287. The molecule has 0 heterocycles. The molecule has 0 aromatic heterocycles. The molecule has 0 aliphatic heterocycles. The van der Waals surface area contributed by atoms with E-state index in [1.807, 2.05) is 30.3 Å². The van der Waals surface area contributed by atoms with Crippen molar-refractivity contribution < 1.29 is 37.0 Å². The van der Waals surface area contributed by atoms with Gasteiger partial charge in [-0.05, 0) is 48.0 Å². The molecule has 14 heteroatoms. The van der Waals surface area contributed by atoms with Crippen LogP contribution >= 0.6 is 34.8 Å². The largest absolute Gasteiger partial charge is 0.495 e. The smallest absolute Gasteiger partial charge is 0.340 e. The number of hydrogen-bond donors (Lipinski definition) is 2. The minimum Gasteiger partial charge on any atom is -0.495 e. The lowest BCUT2D eigenvalue weighted by Crippen LogP contribution is -2.21. The van der Waals surface area contributed by atoms with Gasteiger partial charge in [0.05, 0.1) is 40.5 Å². The molecule has 0 atom stereocenters. The Morgan fingerprint density at radius 1 is 0.795 bits per heavy atom. The van der Waals surface area contributed by atoms with Crippen LogP contribution in [0.3, 0.4) is 0 Å². The topological polar surface area (TPSA) is 129 Å². The summed E-state index contributed by atoms with van der Waals surface area (Å²) in [5.41, 5.74) is 1.11. The van der Waals surface area contributed by atoms with Crippen LogP contribution in [0.5, 0.6) is 17.2 Å². The highest BCUT2D eigenvalue weighted by molar-refractivity contribution is 7.92. The standard InChI is InChI=1S/C30H25Cl3N2O8S/c1-40-26-15-27(41-2)25(14-23(26)32)35-44(38,39)28-12-21(22(31)13-24(28)33)30(37)43-17-29(36)34-19-8-10-20(11-9-19)42-16-18-6-4-3-5-7-18/h3-15,35H,16-17H2,1-2H3,(H,34,36). The van der Waals surface area contributed by atoms with E-state index >= 15 is 0 Å². The molecule has 2 N–H and O–H groups in total. The van der Waals surface area contributed by atoms with Crippen molar-refractivity contribution in [2.75, 3.05) is 30.9 Å². The molecular formula is C30H25Cl3N2O8S. The van der Waals surface area contributed by atoms with E-state index in [1.165, 1.54) is 26.4 Å². The van der Waals surface area contributed by atoms with E-state index in [1.54, 1.807) is 24.3 Å². The highest BCUT2D eigenvalue weighted by Crippen LogP contribution is 2.38. The van der Waals surface area contributed by atoms with Crippen LogP contribution in [0.2, 0.25) is 15.1 Å². The average Bonchev–Trinajstić information content (AvgIpc) is 3.00. The number of nitrogens with one attached hydrogen (secondary N) is 2. The Hall–Kier alpha value is -4.16. The van der Waals surface area contributed by atoms with E-state index in [0.717, 1.165) is 17.7 Å². The molecule has 1 amide bonds. The quantitative estimate of drug-likeness (QED) is 0.156. The summed E-state index contributed by atoms with van der Waals surface area (Å²) in [5.74, 6) is -0.716. The fraction of sp³-hybridized carbons (Fsp3) is 0.133. The molecule has 0 bridgehead atoms. The van der Waals surface area contributed by atoms with Crippen LogP contribution in [0.4, 0.5) is 11.4 Å². The van der Waals surface area contributed by atoms with Gasteiger partial charge < -0.3 is 24.3 Å². The number of rotatable bonds is 12. The number of hydrogen-bond acceptors (Lipinski definition) is 8. The monoisotopic (exact) mass is 678 g/mol. The number of benzene rings is 4. The van der Waals surface area contributed by atoms with Gasteiger partial charge in [-0.1, -0.05) is 65.1 Å². The molecule has 0 saturated heterocycles. The third-order valence-corrected chi connectivity index (χ3v) is 8.41. The number of halogens is 3. The maximum absolute atomic E-state index is 13.3. The number of sulfonamides is 1. The summed E-state index contributed by atoms with van der Waals surface area (Å²) in [6, 6.07) is 21.0. The second-order valence-electron chi connectivity index (χ2n) is 8.98. The zero-order valence-electron chi connectivity index (χ0n) is 23.2. The first-order valence-corrected chi connectivity index (χ1v) is 15.3. The molecule has 0 saturated carbocycles. The van der Waals surface area contributed by atoms with Gasteiger partial charge in [-0.15, -0.1) is 0 Å². The number of amides is 1. The fourth-order valence-electron chi connectivity index (χ4n) is 3.81. The Kier molecular flexibility index (Phi) is 10.8. The molecule has 44 heavy (non-hydrogen) atoms. The third-order valence-electron chi connectivity index (χ3n) is 5.97. The Labute approximate surface area is 268 Å². The average molecular weight is 680 g/mol. The molecule has 4 aromatic carbocycles. The van der Waals surface area contributed by atoms with Crippen molar-refractivity contribution >= 4 is 68.1 Å². The SMILES string of the molecule is COc1cc(OC)c(NS(=O)(=O)c2cc(C(=O)OCC(=O)Nc3ccc(OCc4ccccc4)cc3)c(Cl)cc2Cl)cc1Cl. The van der Waals surface area contributed by atoms with Crippen LogP contribution in [0, 0.1) is 0 Å². The number of carbonyl (C=O) groups excluding carboxylic acids is 2. The molecule has 0 unspecified atom stereocenters. The molecule has 4 aromatic rings. The first-order valence-electron chi connectivity index (χ1n) is 12.7. The van der Waals surface area contributed by atoms with Gasteiger partial charge >= 0.3 is 5.97 Å². The minimum absolute atomic E-state index is 0.0131. The maximum atomic E-state index is 13.3. The lowest BCUT2D eigenvalue weighted by atomic mass is 10.2. The molecule has 0 spiro atoms. The fourth-order valence-corrected chi connectivity index (χ4v) is 5.97. The van der Waals surface area contributed by atoms with Crippen LogP contribution in [0.15, 0.2) is 83.8 Å². The number of ether oxygens (including phenoxy) is 4. The third kappa shape index (κ3) is 8.26. The predicted octanol–water partition coefficient (Wildman–Crippen LogP) is 6.84. The highest BCUT2D eigenvalue weighted by atomic mass is 35.5. The Morgan fingerprint density at radius 3 is 2.14 bits per heavy atom. The van der Waals surface area contributed by atoms with Gasteiger partial charge in [0.15, 0.2) is 6.61 Å². The number of esters is 1. The van der Waals surface area contributed by atoms with Gasteiger partial charge in [0, 0.05) is 11.8 Å². The van der Waals surface area contributed by atoms with E-state index in [0.29, 0.717) is 18.0 Å². The maximum Gasteiger partial charge on any atom is 0.340 e. The van der Waals surface area contributed by atoms with Crippen molar-refractivity contribution in [3.05, 3.63) is 105 Å². The van der Waals surface area contributed by atoms with Crippen LogP contribution < -0.4 is 24.2 Å². The zero-order valence-corrected chi connectivity index (χ0v) is 26.3. The van der Waals surface area contributed by atoms with Crippen molar-refractivity contribution in [2.45, 2.75) is 11.5 Å². The van der Waals surface area contributed by atoms with Gasteiger partial charge in [0.1, 0.15) is 28.8 Å². The second kappa shape index (κ2) is 14.5. The molecule has 0 aliphatic rings. The lowest BCUT2D eigenvalue weighted by molar-refractivity contribution is -0.119. The summed E-state index contributed by atoms with van der Waals surface area (Å²) in [6.07, 6.45) is 0. The molecular weight excluding hydrogens is 655 g/mol. The van der Waals surface area contributed by atoms with Crippen LogP contribution in [0.25, 0.3) is 0 Å². The van der Waals surface area contributed by atoms with E-state index in [9.17, 15) is 18.0 Å². The first kappa shape index (κ1) is 32.7. The number of carbonyl (C=O) groups is 2. The summed E-state index contributed by atoms with van der Waals surface area (Å²) >= 11 is 18.5. The number of anilines is 2. The van der Waals surface area contributed by atoms with Gasteiger partial charge in [-0.2, -0.15) is 0 Å². The summed E-state index contributed by atoms with van der Waals surface area (Å²) in [4.78, 5) is 24.8. The number of methoxy groups -OCH3 is 2. The van der Waals surface area contributed by atoms with E-state index in [-0.39, 0.29) is 37.8 Å². The van der Waals surface area contributed by atoms with E-state index in [4.69, 9.17) is 53.8 Å². The van der Waals surface area contributed by atoms with Crippen molar-refractivity contribution in [2.24, 2.45) is 0 Å². The van der Waals surface area contributed by atoms with Gasteiger partial charge in [0.2, 0.25) is 0 Å². The molecule has 0 aliphatic carbocycles. The van der Waals surface area contributed by atoms with Gasteiger partial charge in [-0.25, -0.2) is 13.2 Å². The van der Waals surface area contributed by atoms with Crippen LogP contribution in [-0.4, -0.2) is 41.1 Å². The molecule has 0 radical (unpaired) electrons. The van der Waals surface area contributed by atoms with Crippen molar-refractivity contribution in [3.8, 4) is 17.2 Å². The minimum atomic E-state index is -4.40. The van der Waals surface area contributed by atoms with Crippen molar-refractivity contribution in [3.63, 3.8) is 0 Å². The van der Waals surface area contributed by atoms with Gasteiger partial charge in [0.25, 0.3) is 15.9 Å². The Bertz CT molecular complexity index is 1770. The summed E-state index contributed by atoms with van der Waals surface area (Å²) in [5, 5.41) is 2.25. The van der Waals surface area contributed by atoms with E-state index < -0.39 is 33.4 Å². The molecule has 230 valence electrons. The summed E-state index contributed by atoms with van der Waals surface area (Å²) in [7, 11) is -1.68. The second-order valence-corrected chi connectivity index (χ2v) is 11.9. The van der Waals surface area contributed by atoms with E-state index in [2.05, 4.69) is 10.0 Å². The van der Waals surface area contributed by atoms with Crippen molar-refractivity contribution in [1.82, 2.24) is 0 Å². The Balaban J connectivity index is 1.40. The lowest BCUT2D eigenvalue weighted by Gasteiger charge is -2.15. The molecule has 10 nitrogen and oxygen atoms in total. The Morgan fingerprint density at radius 2 is 1.48 bits per heavy atom. The van der Waals surface area contributed by atoms with Crippen LogP contribution in [-0.2, 0) is 26.2 Å². The summed E-state index contributed by atoms with van der Waals surface area (Å²) < 4.78 is 50.0. The molecule has 0 fully saturated rings. The normalized spacial score (nSPS) is 10.9. The predicted molar refractivity (Wildman–Crippen MR) is 168 cm³/mol. The van der Waals surface area contributed by atoms with Gasteiger partial charge in [-0.3, -0.25) is 9.52 Å². The molecule has 4 rings (SSSR count). The van der Waals surface area contributed by atoms with Crippen molar-refractivity contribution in [1.29, 1.82) is 0 Å². The first-order chi connectivity index (χ1) is 21.0. The highest BCUT2D eigenvalue weighted by Gasteiger charge is 2.25.